The molecule has 130 valence electrons. The summed E-state index contributed by atoms with van der Waals surface area (Å²) in [6, 6.07) is 8.97. The van der Waals surface area contributed by atoms with Crippen LogP contribution in [-0.4, -0.2) is 18.6 Å². The average Bonchev–Trinajstić information content (AvgIpc) is 2.91. The van der Waals surface area contributed by atoms with Crippen LogP contribution in [0.3, 0.4) is 0 Å². The molecule has 0 aliphatic rings. The fraction of sp³-hybridized carbons (Fsp3) is 0.125. The molecule has 1 aromatic carbocycles. The first-order valence-electron chi connectivity index (χ1n) is 7.29. The van der Waals surface area contributed by atoms with Crippen LogP contribution in [0.1, 0.15) is 11.5 Å². The first-order chi connectivity index (χ1) is 11.8. The number of pyridine rings is 1. The van der Waals surface area contributed by atoms with Crippen molar-refractivity contribution in [1.82, 2.24) is 10.1 Å². The SMILES string of the molecule is Cc1noc(C)c1S(=O)(=O)Nc1ccc(Nc2ccc(F)cc2)nc1. The maximum Gasteiger partial charge on any atom is 0.267 e. The van der Waals surface area contributed by atoms with Crippen molar-refractivity contribution in [2.75, 3.05) is 10.0 Å². The number of nitrogens with zero attached hydrogens (tertiary/aromatic N) is 2. The van der Waals surface area contributed by atoms with Crippen molar-refractivity contribution in [3.05, 3.63) is 59.9 Å². The van der Waals surface area contributed by atoms with Crippen molar-refractivity contribution in [2.45, 2.75) is 18.7 Å². The number of anilines is 3. The van der Waals surface area contributed by atoms with E-state index >= 15 is 0 Å². The van der Waals surface area contributed by atoms with Gasteiger partial charge in [-0.05, 0) is 50.2 Å². The van der Waals surface area contributed by atoms with E-state index in [9.17, 15) is 12.8 Å². The Hall–Kier alpha value is -2.94. The van der Waals surface area contributed by atoms with Crippen molar-refractivity contribution in [3.63, 3.8) is 0 Å². The van der Waals surface area contributed by atoms with E-state index in [1.54, 1.807) is 31.2 Å². The van der Waals surface area contributed by atoms with Gasteiger partial charge >= 0.3 is 0 Å². The van der Waals surface area contributed by atoms with Crippen LogP contribution in [0.5, 0.6) is 0 Å². The third-order valence-corrected chi connectivity index (χ3v) is 4.99. The summed E-state index contributed by atoms with van der Waals surface area (Å²) in [6.45, 7) is 3.08. The molecule has 0 saturated carbocycles. The molecular formula is C16H15FN4O3S. The molecule has 0 aliphatic heterocycles. The second-order valence-corrected chi connectivity index (χ2v) is 6.94. The number of aryl methyl sites for hydroxylation is 2. The summed E-state index contributed by atoms with van der Waals surface area (Å²) >= 11 is 0. The minimum Gasteiger partial charge on any atom is -0.360 e. The van der Waals surface area contributed by atoms with E-state index < -0.39 is 10.0 Å². The van der Waals surface area contributed by atoms with Gasteiger partial charge in [0.1, 0.15) is 17.3 Å². The minimum absolute atomic E-state index is 0.0148. The van der Waals surface area contributed by atoms with E-state index in [1.807, 2.05) is 0 Å². The molecule has 0 saturated heterocycles. The third-order valence-electron chi connectivity index (χ3n) is 3.37. The van der Waals surface area contributed by atoms with Crippen LogP contribution in [0.4, 0.5) is 21.6 Å². The lowest BCUT2D eigenvalue weighted by atomic mass is 10.3. The zero-order valence-corrected chi connectivity index (χ0v) is 14.3. The van der Waals surface area contributed by atoms with Gasteiger partial charge in [-0.2, -0.15) is 0 Å². The normalized spacial score (nSPS) is 11.3. The third kappa shape index (κ3) is 3.77. The molecule has 3 rings (SSSR count). The molecule has 0 aliphatic carbocycles. The Morgan fingerprint density at radius 2 is 1.72 bits per heavy atom. The van der Waals surface area contributed by atoms with Crippen LogP contribution in [0, 0.1) is 19.7 Å². The van der Waals surface area contributed by atoms with Gasteiger partial charge in [0.15, 0.2) is 10.7 Å². The Morgan fingerprint density at radius 1 is 1.04 bits per heavy atom. The van der Waals surface area contributed by atoms with Crippen molar-refractivity contribution < 1.29 is 17.3 Å². The molecule has 3 aromatic rings. The number of nitrogens with one attached hydrogen (secondary N) is 2. The van der Waals surface area contributed by atoms with Crippen LogP contribution < -0.4 is 10.0 Å². The molecule has 9 heteroatoms. The smallest absolute Gasteiger partial charge is 0.267 e. The fourth-order valence-corrected chi connectivity index (χ4v) is 3.65. The quantitative estimate of drug-likeness (QED) is 0.722. The molecule has 0 bridgehead atoms. The van der Waals surface area contributed by atoms with Crippen LogP contribution >= 0.6 is 0 Å². The number of sulfonamides is 1. The largest absolute Gasteiger partial charge is 0.360 e. The highest BCUT2D eigenvalue weighted by Gasteiger charge is 2.24. The fourth-order valence-electron chi connectivity index (χ4n) is 2.27. The predicted octanol–water partition coefficient (Wildman–Crippen LogP) is 3.37. The minimum atomic E-state index is -3.82. The van der Waals surface area contributed by atoms with Gasteiger partial charge in [-0.15, -0.1) is 0 Å². The molecule has 2 N–H and O–H groups in total. The number of aromatic nitrogens is 2. The second-order valence-electron chi connectivity index (χ2n) is 5.32. The summed E-state index contributed by atoms with van der Waals surface area (Å²) in [4.78, 5) is 4.15. The summed E-state index contributed by atoms with van der Waals surface area (Å²) in [7, 11) is -3.82. The number of hydrogen-bond acceptors (Lipinski definition) is 6. The molecule has 25 heavy (non-hydrogen) atoms. The van der Waals surface area contributed by atoms with Gasteiger partial charge in [-0.3, -0.25) is 4.72 Å². The van der Waals surface area contributed by atoms with Gasteiger partial charge in [-0.1, -0.05) is 5.16 Å². The Balaban J connectivity index is 1.75. The van der Waals surface area contributed by atoms with Gasteiger partial charge in [-0.25, -0.2) is 17.8 Å². The number of hydrogen-bond donors (Lipinski definition) is 2. The molecule has 0 unspecified atom stereocenters. The molecule has 2 heterocycles. The van der Waals surface area contributed by atoms with Gasteiger partial charge in [0.2, 0.25) is 0 Å². The molecule has 0 amide bonds. The molecule has 2 aromatic heterocycles. The maximum atomic E-state index is 12.9. The maximum absolute atomic E-state index is 12.9. The van der Waals surface area contributed by atoms with Crippen molar-refractivity contribution in [3.8, 4) is 0 Å². The van der Waals surface area contributed by atoms with E-state index in [1.165, 1.54) is 25.3 Å². The molecule has 7 nitrogen and oxygen atoms in total. The second kappa shape index (κ2) is 6.52. The zero-order chi connectivity index (χ0) is 18.0. The van der Waals surface area contributed by atoms with Crippen LogP contribution in [0.25, 0.3) is 0 Å². The van der Waals surface area contributed by atoms with Gasteiger partial charge < -0.3 is 9.84 Å². The number of benzene rings is 1. The summed E-state index contributed by atoms with van der Waals surface area (Å²) in [6.07, 6.45) is 1.38. The lowest BCUT2D eigenvalue weighted by Crippen LogP contribution is -2.14. The average molecular weight is 362 g/mol. The van der Waals surface area contributed by atoms with E-state index in [0.29, 0.717) is 17.2 Å². The lowest BCUT2D eigenvalue weighted by molar-refractivity contribution is 0.390. The Bertz CT molecular complexity index is 964. The first-order valence-corrected chi connectivity index (χ1v) is 8.78. The summed E-state index contributed by atoms with van der Waals surface area (Å²) in [5.74, 6) is 0.377. The van der Waals surface area contributed by atoms with Crippen LogP contribution in [0.15, 0.2) is 52.0 Å². The first kappa shape index (κ1) is 16.9. The zero-order valence-electron chi connectivity index (χ0n) is 13.4. The Morgan fingerprint density at radius 3 is 2.28 bits per heavy atom. The molecular weight excluding hydrogens is 347 g/mol. The highest BCUT2D eigenvalue weighted by atomic mass is 32.2. The summed E-state index contributed by atoms with van der Waals surface area (Å²) in [5, 5.41) is 6.63. The van der Waals surface area contributed by atoms with Crippen molar-refractivity contribution in [2.24, 2.45) is 0 Å². The van der Waals surface area contributed by atoms with Gasteiger partial charge in [0.25, 0.3) is 10.0 Å². The van der Waals surface area contributed by atoms with E-state index in [4.69, 9.17) is 4.52 Å². The highest BCUT2D eigenvalue weighted by Crippen LogP contribution is 2.23. The van der Waals surface area contributed by atoms with Crippen LogP contribution in [-0.2, 0) is 10.0 Å². The van der Waals surface area contributed by atoms with Gasteiger partial charge in [0, 0.05) is 5.69 Å². The Kier molecular flexibility index (Phi) is 4.41. The number of rotatable bonds is 5. The van der Waals surface area contributed by atoms with E-state index in [2.05, 4.69) is 20.2 Å². The lowest BCUT2D eigenvalue weighted by Gasteiger charge is -2.09. The van der Waals surface area contributed by atoms with E-state index in [-0.39, 0.29) is 22.2 Å². The van der Waals surface area contributed by atoms with Crippen LogP contribution in [0.2, 0.25) is 0 Å². The summed E-state index contributed by atoms with van der Waals surface area (Å²) in [5.41, 5.74) is 1.25. The topological polar surface area (TPSA) is 97.1 Å². The molecule has 0 atom stereocenters. The standard InChI is InChI=1S/C16H15FN4O3S/c1-10-16(11(2)24-20-10)25(22,23)21-14-7-8-15(18-9-14)19-13-5-3-12(17)4-6-13/h3-9,21H,1-2H3,(H,18,19). The molecule has 0 radical (unpaired) electrons. The van der Waals surface area contributed by atoms with Crippen molar-refractivity contribution in [1.29, 1.82) is 0 Å². The molecule has 0 fully saturated rings. The number of halogens is 1. The predicted molar refractivity (Wildman–Crippen MR) is 90.7 cm³/mol. The van der Waals surface area contributed by atoms with Gasteiger partial charge in [0.05, 0.1) is 11.9 Å². The summed E-state index contributed by atoms with van der Waals surface area (Å²) < 4.78 is 45.1. The molecule has 0 spiro atoms. The van der Waals surface area contributed by atoms with E-state index in [0.717, 1.165) is 0 Å². The monoisotopic (exact) mass is 362 g/mol. The van der Waals surface area contributed by atoms with Crippen molar-refractivity contribution >= 4 is 27.2 Å². The Labute approximate surface area is 143 Å². The highest BCUT2D eigenvalue weighted by molar-refractivity contribution is 7.92.